The van der Waals surface area contributed by atoms with Crippen molar-refractivity contribution in [3.8, 4) is 0 Å². The molecule has 1 aromatic rings. The number of hydrogen-bond donors (Lipinski definition) is 2. The minimum Gasteiger partial charge on any atom is -0.393 e. The zero-order valence-corrected chi connectivity index (χ0v) is 12.9. The summed E-state index contributed by atoms with van der Waals surface area (Å²) in [6.45, 7) is 0.522. The summed E-state index contributed by atoms with van der Waals surface area (Å²) in [6, 6.07) is 5.12. The van der Waals surface area contributed by atoms with Gasteiger partial charge in [0.15, 0.2) is 0 Å². The summed E-state index contributed by atoms with van der Waals surface area (Å²) in [5.74, 6) is 0.0239. The Hall–Kier alpha value is -0.580. The number of rotatable bonds is 3. The molecule has 1 amide bonds. The van der Waals surface area contributed by atoms with E-state index < -0.39 is 0 Å². The highest BCUT2D eigenvalue weighted by molar-refractivity contribution is 9.10. The Labute approximate surface area is 126 Å². The van der Waals surface area contributed by atoms with Gasteiger partial charge in [-0.05, 0) is 47.0 Å². The first kappa shape index (κ1) is 14.8. The minimum atomic E-state index is -0.289. The van der Waals surface area contributed by atoms with Crippen LogP contribution >= 0.6 is 27.5 Å². The fourth-order valence-electron chi connectivity index (χ4n) is 2.39. The Balaban J connectivity index is 1.91. The summed E-state index contributed by atoms with van der Waals surface area (Å²) in [6.07, 6.45) is 3.73. The molecule has 1 aliphatic carbocycles. The fraction of sp³-hybridized carbons (Fsp3) is 0.500. The van der Waals surface area contributed by atoms with Gasteiger partial charge in [-0.3, -0.25) is 4.79 Å². The summed E-state index contributed by atoms with van der Waals surface area (Å²) in [7, 11) is 0. The Morgan fingerprint density at radius 1 is 1.42 bits per heavy atom. The molecule has 2 unspecified atom stereocenters. The Morgan fingerprint density at radius 3 is 2.84 bits per heavy atom. The van der Waals surface area contributed by atoms with Gasteiger partial charge in [0.25, 0.3) is 5.91 Å². The lowest BCUT2D eigenvalue weighted by Gasteiger charge is -2.27. The van der Waals surface area contributed by atoms with Gasteiger partial charge in [0, 0.05) is 22.5 Å². The molecule has 1 aromatic carbocycles. The lowest BCUT2D eigenvalue weighted by atomic mass is 9.86. The van der Waals surface area contributed by atoms with Crippen molar-refractivity contribution in [3.05, 3.63) is 33.3 Å². The number of aliphatic hydroxyl groups is 1. The van der Waals surface area contributed by atoms with E-state index in [-0.39, 0.29) is 17.9 Å². The van der Waals surface area contributed by atoms with E-state index in [4.69, 9.17) is 11.6 Å². The van der Waals surface area contributed by atoms with Gasteiger partial charge in [0.1, 0.15) is 0 Å². The first-order valence-corrected chi connectivity index (χ1v) is 7.66. The predicted octanol–water partition coefficient (Wildman–Crippen LogP) is 3.38. The van der Waals surface area contributed by atoms with Crippen LogP contribution in [0.5, 0.6) is 0 Å². The molecule has 0 bridgehead atoms. The molecule has 3 nitrogen and oxygen atoms in total. The van der Waals surface area contributed by atoms with E-state index in [9.17, 15) is 9.90 Å². The predicted molar refractivity (Wildman–Crippen MR) is 79.5 cm³/mol. The largest absolute Gasteiger partial charge is 0.393 e. The van der Waals surface area contributed by atoms with Crippen molar-refractivity contribution < 1.29 is 9.90 Å². The van der Waals surface area contributed by atoms with Crippen LogP contribution in [0.3, 0.4) is 0 Å². The third kappa shape index (κ3) is 3.94. The first-order valence-electron chi connectivity index (χ1n) is 6.49. The lowest BCUT2D eigenvalue weighted by Crippen LogP contribution is -2.36. The van der Waals surface area contributed by atoms with Crippen molar-refractivity contribution >= 4 is 33.4 Å². The van der Waals surface area contributed by atoms with Gasteiger partial charge in [-0.25, -0.2) is 0 Å². The molecule has 1 saturated carbocycles. The van der Waals surface area contributed by atoms with Crippen LogP contribution in [0.4, 0.5) is 0 Å². The van der Waals surface area contributed by atoms with Gasteiger partial charge in [-0.1, -0.05) is 24.4 Å². The van der Waals surface area contributed by atoms with Crippen molar-refractivity contribution in [2.45, 2.75) is 31.8 Å². The smallest absolute Gasteiger partial charge is 0.251 e. The highest BCUT2D eigenvalue weighted by Crippen LogP contribution is 2.25. The maximum absolute atomic E-state index is 12.0. The number of benzene rings is 1. The van der Waals surface area contributed by atoms with E-state index in [2.05, 4.69) is 21.2 Å². The van der Waals surface area contributed by atoms with E-state index in [1.54, 1.807) is 18.2 Å². The van der Waals surface area contributed by atoms with Crippen molar-refractivity contribution in [2.75, 3.05) is 6.54 Å². The lowest BCUT2D eigenvalue weighted by molar-refractivity contribution is 0.0663. The molecule has 2 rings (SSSR count). The topological polar surface area (TPSA) is 49.3 Å². The van der Waals surface area contributed by atoms with Gasteiger partial charge in [0.05, 0.1) is 11.1 Å². The minimum absolute atomic E-state index is 0.146. The summed E-state index contributed by atoms with van der Waals surface area (Å²) in [4.78, 5) is 12.0. The van der Waals surface area contributed by atoms with Crippen molar-refractivity contribution in [1.82, 2.24) is 5.32 Å². The molecule has 0 radical (unpaired) electrons. The van der Waals surface area contributed by atoms with Gasteiger partial charge in [-0.15, -0.1) is 0 Å². The molecule has 1 aliphatic rings. The van der Waals surface area contributed by atoms with Gasteiger partial charge < -0.3 is 10.4 Å². The zero-order chi connectivity index (χ0) is 13.8. The van der Waals surface area contributed by atoms with Crippen LogP contribution in [0, 0.1) is 5.92 Å². The van der Waals surface area contributed by atoms with Crippen LogP contribution < -0.4 is 5.32 Å². The van der Waals surface area contributed by atoms with Crippen LogP contribution in [-0.4, -0.2) is 23.7 Å². The van der Waals surface area contributed by atoms with Crippen LogP contribution in [0.1, 0.15) is 36.0 Å². The number of carbonyl (C=O) groups excluding carboxylic acids is 1. The molecule has 2 atom stereocenters. The normalized spacial score (nSPS) is 23.1. The number of halogens is 2. The average Bonchev–Trinajstić information content (AvgIpc) is 2.40. The summed E-state index contributed by atoms with van der Waals surface area (Å²) >= 11 is 9.25. The molecule has 104 valence electrons. The highest BCUT2D eigenvalue weighted by atomic mass is 79.9. The summed E-state index contributed by atoms with van der Waals surface area (Å²) in [5, 5.41) is 13.2. The second-order valence-electron chi connectivity index (χ2n) is 4.95. The monoisotopic (exact) mass is 345 g/mol. The van der Waals surface area contributed by atoms with E-state index >= 15 is 0 Å². The van der Waals surface area contributed by atoms with Crippen molar-refractivity contribution in [2.24, 2.45) is 5.92 Å². The Bertz CT molecular complexity index is 467. The van der Waals surface area contributed by atoms with Crippen LogP contribution in [0.15, 0.2) is 22.7 Å². The first-order chi connectivity index (χ1) is 9.08. The van der Waals surface area contributed by atoms with Crippen LogP contribution in [0.25, 0.3) is 0 Å². The third-order valence-electron chi connectivity index (χ3n) is 3.58. The number of hydrogen-bond acceptors (Lipinski definition) is 2. The molecule has 5 heteroatoms. The molecule has 0 heterocycles. The number of carbonyl (C=O) groups is 1. The van der Waals surface area contributed by atoms with Crippen molar-refractivity contribution in [1.29, 1.82) is 0 Å². The molecule has 0 aliphatic heterocycles. The molecule has 0 aromatic heterocycles. The van der Waals surface area contributed by atoms with E-state index in [1.807, 2.05) is 0 Å². The molecule has 0 spiro atoms. The molecule has 1 fully saturated rings. The van der Waals surface area contributed by atoms with Gasteiger partial charge >= 0.3 is 0 Å². The van der Waals surface area contributed by atoms with Crippen LogP contribution in [0.2, 0.25) is 5.02 Å². The van der Waals surface area contributed by atoms with Gasteiger partial charge in [0.2, 0.25) is 0 Å². The zero-order valence-electron chi connectivity index (χ0n) is 10.5. The maximum Gasteiger partial charge on any atom is 0.251 e. The maximum atomic E-state index is 12.0. The number of nitrogens with one attached hydrogen (secondary N) is 1. The quantitative estimate of drug-likeness (QED) is 0.881. The third-order valence-corrected chi connectivity index (χ3v) is 4.81. The second-order valence-corrected chi connectivity index (χ2v) is 6.21. The average molecular weight is 347 g/mol. The number of aliphatic hydroxyl groups excluding tert-OH is 1. The van der Waals surface area contributed by atoms with E-state index in [0.717, 1.165) is 30.2 Å². The molecule has 0 saturated heterocycles. The standard InChI is InChI=1S/C14H17BrClNO2/c15-11-6-5-9(7-12(11)16)14(19)17-8-10-3-1-2-4-13(10)18/h5-7,10,13,18H,1-4,8H2,(H,17,19). The summed E-state index contributed by atoms with van der Waals surface area (Å²) in [5.41, 5.74) is 0.540. The molecule has 19 heavy (non-hydrogen) atoms. The van der Waals surface area contributed by atoms with E-state index in [1.165, 1.54) is 0 Å². The van der Waals surface area contributed by atoms with E-state index in [0.29, 0.717) is 17.1 Å². The molecular weight excluding hydrogens is 330 g/mol. The highest BCUT2D eigenvalue weighted by Gasteiger charge is 2.23. The molecule has 2 N–H and O–H groups in total. The van der Waals surface area contributed by atoms with Gasteiger partial charge in [-0.2, -0.15) is 0 Å². The Kier molecular flexibility index (Phi) is 5.25. The fourth-order valence-corrected chi connectivity index (χ4v) is 2.82. The van der Waals surface area contributed by atoms with Crippen LogP contribution in [-0.2, 0) is 0 Å². The SMILES string of the molecule is O=C(NCC1CCCCC1O)c1ccc(Br)c(Cl)c1. The second kappa shape index (κ2) is 6.73. The molecular formula is C14H17BrClNO2. The van der Waals surface area contributed by atoms with Crippen molar-refractivity contribution in [3.63, 3.8) is 0 Å². The number of amides is 1. The summed E-state index contributed by atoms with van der Waals surface area (Å²) < 4.78 is 0.772. The Morgan fingerprint density at radius 2 is 2.16 bits per heavy atom.